The number of aryl methyl sites for hydroxylation is 1. The van der Waals surface area contributed by atoms with Gasteiger partial charge in [0, 0.05) is 31.5 Å². The average molecular weight is 476 g/mol. The third-order valence-electron chi connectivity index (χ3n) is 5.20. The number of carbonyl (C=O) groups excluding carboxylic acids is 3. The lowest BCUT2D eigenvalue weighted by atomic mass is 9.93. The number of fused-ring (bicyclic) bond motifs is 1. The maximum Gasteiger partial charge on any atom is 0.412 e. The zero-order valence-electron chi connectivity index (χ0n) is 17.2. The van der Waals surface area contributed by atoms with Crippen molar-refractivity contribution in [3.05, 3.63) is 69.3 Å². The van der Waals surface area contributed by atoms with Crippen LogP contribution in [-0.4, -0.2) is 42.3 Å². The van der Waals surface area contributed by atoms with Crippen LogP contribution in [0.15, 0.2) is 47.4 Å². The number of nitrogens with zero attached hydrogens (tertiary/aromatic N) is 2. The summed E-state index contributed by atoms with van der Waals surface area (Å²) in [4.78, 5) is 48.1. The largest absolute Gasteiger partial charge is 0.412 e. The Morgan fingerprint density at radius 2 is 1.79 bits per heavy atom. The van der Waals surface area contributed by atoms with Crippen LogP contribution in [-0.2, 0) is 43.7 Å². The van der Waals surface area contributed by atoms with Gasteiger partial charge in [-0.2, -0.15) is 0 Å². The Labute approximate surface area is 188 Å². The molecule has 0 bridgehead atoms. The van der Waals surface area contributed by atoms with Crippen LogP contribution in [0.5, 0.6) is 0 Å². The third-order valence-corrected chi connectivity index (χ3v) is 6.13. The van der Waals surface area contributed by atoms with Crippen molar-refractivity contribution >= 4 is 33.7 Å². The summed E-state index contributed by atoms with van der Waals surface area (Å²) in [6.45, 7) is -0.0985. The second-order valence-electron chi connectivity index (χ2n) is 7.38. The van der Waals surface area contributed by atoms with Gasteiger partial charge in [-0.3, -0.25) is 14.9 Å². The lowest BCUT2D eigenvalue weighted by molar-refractivity contribution is -0.385. The molecule has 1 heterocycles. The van der Waals surface area contributed by atoms with Crippen molar-refractivity contribution in [2.45, 2.75) is 36.7 Å². The molecule has 0 saturated heterocycles. The highest BCUT2D eigenvalue weighted by molar-refractivity contribution is 7.89. The number of carbonyl (C=O) groups is 3. The molecule has 0 aliphatic carbocycles. The monoisotopic (exact) mass is 476 g/mol. The Morgan fingerprint density at radius 1 is 1.12 bits per heavy atom. The van der Waals surface area contributed by atoms with Crippen LogP contribution >= 0.6 is 0 Å². The quantitative estimate of drug-likeness (QED) is 0.264. The van der Waals surface area contributed by atoms with Crippen molar-refractivity contribution in [3.8, 4) is 0 Å². The van der Waals surface area contributed by atoms with Gasteiger partial charge in [-0.1, -0.05) is 18.2 Å². The fourth-order valence-electron chi connectivity index (χ4n) is 3.56. The number of primary amides is 1. The van der Waals surface area contributed by atoms with Gasteiger partial charge in [0.25, 0.3) is 5.69 Å². The number of amides is 2. The lowest BCUT2D eigenvalue weighted by Gasteiger charge is -2.35. The van der Waals surface area contributed by atoms with E-state index >= 15 is 0 Å². The van der Waals surface area contributed by atoms with Crippen LogP contribution in [0.2, 0.25) is 0 Å². The van der Waals surface area contributed by atoms with Crippen LogP contribution in [0, 0.1) is 10.1 Å². The molecular weight excluding hydrogens is 456 g/mol. The third kappa shape index (κ3) is 5.70. The van der Waals surface area contributed by atoms with Crippen molar-refractivity contribution in [1.82, 2.24) is 4.90 Å². The second-order valence-corrected chi connectivity index (χ2v) is 8.94. The maximum absolute atomic E-state index is 13.0. The lowest BCUT2D eigenvalue weighted by Crippen LogP contribution is -2.50. The van der Waals surface area contributed by atoms with E-state index in [1.165, 1.54) is 47.4 Å². The first-order valence-corrected chi connectivity index (χ1v) is 11.2. The van der Waals surface area contributed by atoms with E-state index in [1.807, 2.05) is 0 Å². The molecule has 2 aromatic rings. The fraction of sp³-hybridized carbons (Fsp3) is 0.250. The summed E-state index contributed by atoms with van der Waals surface area (Å²) in [7, 11) is -3.85. The highest BCUT2D eigenvalue weighted by Crippen LogP contribution is 2.28. The average Bonchev–Trinajstić information content (AvgIpc) is 2.75. The molecule has 1 aliphatic rings. The maximum atomic E-state index is 13.0. The molecule has 1 unspecified atom stereocenters. The van der Waals surface area contributed by atoms with Crippen LogP contribution in [0.25, 0.3) is 0 Å². The SMILES string of the molecule is NC(=O)OC(=O)C1Cc2ccc([N+](=O)[O-])cc2CN1C(=O)CCc1ccc(S(N)(=O)=O)cc1. The summed E-state index contributed by atoms with van der Waals surface area (Å²) in [5.41, 5.74) is 6.53. The molecule has 13 heteroatoms. The van der Waals surface area contributed by atoms with E-state index in [0.29, 0.717) is 16.7 Å². The number of sulfonamides is 1. The van der Waals surface area contributed by atoms with Crippen molar-refractivity contribution in [2.24, 2.45) is 10.9 Å². The van der Waals surface area contributed by atoms with Gasteiger partial charge in [0.05, 0.1) is 9.82 Å². The highest BCUT2D eigenvalue weighted by atomic mass is 32.2. The van der Waals surface area contributed by atoms with E-state index in [4.69, 9.17) is 10.9 Å². The number of hydrogen-bond donors (Lipinski definition) is 2. The molecule has 3 rings (SSSR count). The van der Waals surface area contributed by atoms with E-state index in [0.717, 1.165) is 0 Å². The first-order valence-electron chi connectivity index (χ1n) is 9.64. The molecule has 0 saturated carbocycles. The summed E-state index contributed by atoms with van der Waals surface area (Å²) in [5, 5.41) is 16.2. The molecule has 12 nitrogen and oxygen atoms in total. The summed E-state index contributed by atoms with van der Waals surface area (Å²) in [6.07, 6.45) is -1.15. The van der Waals surface area contributed by atoms with Gasteiger partial charge in [-0.05, 0) is 35.2 Å². The van der Waals surface area contributed by atoms with Gasteiger partial charge >= 0.3 is 12.1 Å². The Bertz CT molecular complexity index is 1230. The molecule has 4 N–H and O–H groups in total. The number of esters is 1. The van der Waals surface area contributed by atoms with Crippen LogP contribution in [0.4, 0.5) is 10.5 Å². The number of non-ortho nitro benzene ring substituents is 1. The number of nitro groups is 1. The zero-order valence-corrected chi connectivity index (χ0v) is 18.0. The van der Waals surface area contributed by atoms with E-state index in [1.54, 1.807) is 0 Å². The van der Waals surface area contributed by atoms with E-state index in [9.17, 15) is 32.9 Å². The Morgan fingerprint density at radius 3 is 2.36 bits per heavy atom. The predicted molar refractivity (Wildman–Crippen MR) is 113 cm³/mol. The van der Waals surface area contributed by atoms with E-state index < -0.39 is 39.0 Å². The van der Waals surface area contributed by atoms with Crippen LogP contribution in [0.1, 0.15) is 23.1 Å². The Balaban J connectivity index is 1.81. The minimum atomic E-state index is -3.85. The van der Waals surface area contributed by atoms with E-state index in [2.05, 4.69) is 4.74 Å². The topological polar surface area (TPSA) is 193 Å². The fourth-order valence-corrected chi connectivity index (χ4v) is 4.08. The number of nitrogens with two attached hydrogens (primary N) is 2. The van der Waals surface area contributed by atoms with Gasteiger partial charge < -0.3 is 15.4 Å². The van der Waals surface area contributed by atoms with Crippen molar-refractivity contribution in [3.63, 3.8) is 0 Å². The molecule has 174 valence electrons. The van der Waals surface area contributed by atoms with Gasteiger partial charge in [0.2, 0.25) is 15.9 Å². The standard InChI is InChI=1S/C20H20N4O8S/c21-20(27)32-19(26)17-10-13-4-5-15(24(28)29)9-14(13)11-23(17)18(25)8-3-12-1-6-16(7-2-12)33(22,30)31/h1-2,4-7,9,17H,3,8,10-11H2,(H2,21,27)(H2,22,30,31). The molecule has 0 radical (unpaired) electrons. The minimum absolute atomic E-state index is 0.00572. The molecule has 2 aromatic carbocycles. The molecule has 0 fully saturated rings. The van der Waals surface area contributed by atoms with Crippen molar-refractivity contribution in [1.29, 1.82) is 0 Å². The van der Waals surface area contributed by atoms with Crippen molar-refractivity contribution < 1.29 is 32.5 Å². The minimum Gasteiger partial charge on any atom is -0.375 e. The van der Waals surface area contributed by atoms with Gasteiger partial charge in [-0.15, -0.1) is 0 Å². The van der Waals surface area contributed by atoms with Crippen LogP contribution < -0.4 is 10.9 Å². The molecule has 1 aliphatic heterocycles. The smallest absolute Gasteiger partial charge is 0.375 e. The summed E-state index contributed by atoms with van der Waals surface area (Å²) < 4.78 is 27.2. The molecule has 33 heavy (non-hydrogen) atoms. The molecular formula is C20H20N4O8S. The second kappa shape index (κ2) is 9.34. The number of hydrogen-bond acceptors (Lipinski definition) is 8. The number of benzene rings is 2. The molecule has 1 atom stereocenters. The molecule has 0 aromatic heterocycles. The van der Waals surface area contributed by atoms with Gasteiger partial charge in [0.1, 0.15) is 6.04 Å². The predicted octanol–water partition coefficient (Wildman–Crippen LogP) is 0.750. The van der Waals surface area contributed by atoms with Crippen LogP contribution in [0.3, 0.4) is 0 Å². The highest BCUT2D eigenvalue weighted by Gasteiger charge is 2.36. The van der Waals surface area contributed by atoms with Gasteiger partial charge in [-0.25, -0.2) is 23.1 Å². The molecule has 0 spiro atoms. The number of primary sulfonamides is 1. The first-order chi connectivity index (χ1) is 15.5. The van der Waals surface area contributed by atoms with Crippen molar-refractivity contribution in [2.75, 3.05) is 0 Å². The number of nitro benzene ring substituents is 1. The molecule has 2 amide bonds. The van der Waals surface area contributed by atoms with E-state index in [-0.39, 0.29) is 36.4 Å². The normalized spacial score (nSPS) is 15.4. The summed E-state index contributed by atoms with van der Waals surface area (Å²) >= 11 is 0. The summed E-state index contributed by atoms with van der Waals surface area (Å²) in [6, 6.07) is 8.64. The van der Waals surface area contributed by atoms with Gasteiger partial charge in [0.15, 0.2) is 0 Å². The zero-order chi connectivity index (χ0) is 24.3. The Hall–Kier alpha value is -3.84. The number of ether oxygens (including phenoxy) is 1. The summed E-state index contributed by atoms with van der Waals surface area (Å²) in [5.74, 6) is -1.47. The first kappa shape index (κ1) is 23.8. The Kier molecular flexibility index (Phi) is 6.74. The number of rotatable bonds is 6.